The summed E-state index contributed by atoms with van der Waals surface area (Å²) < 4.78 is 16.8. The standard InChI is InChI=1S/C27H26Cl2N4O4/c1-15-13-19(11-12-33(15)18-9-7-17(8-10-18)26-30-27(34)37-32-26)35-14-20-24(31-36-25(20)16-5-6-16)23-21(28)3-2-4-22(23)29/h2-4,7-10,15-16,19H,5-6,11-14H2,1H3,(H,30,32,34)/t15-,19+/m0/s1. The number of ether oxygens (including phenoxy) is 1. The zero-order valence-corrected chi connectivity index (χ0v) is 21.8. The molecule has 1 aliphatic carbocycles. The molecule has 2 aromatic carbocycles. The van der Waals surface area contributed by atoms with Crippen LogP contribution in [0.3, 0.4) is 0 Å². The van der Waals surface area contributed by atoms with Gasteiger partial charge in [-0.2, -0.15) is 0 Å². The highest BCUT2D eigenvalue weighted by Gasteiger charge is 2.34. The summed E-state index contributed by atoms with van der Waals surface area (Å²) in [6.07, 6.45) is 4.10. The lowest BCUT2D eigenvalue weighted by Gasteiger charge is -2.39. The highest BCUT2D eigenvalue weighted by Crippen LogP contribution is 2.46. The van der Waals surface area contributed by atoms with Crippen LogP contribution in [-0.4, -0.2) is 34.0 Å². The van der Waals surface area contributed by atoms with Gasteiger partial charge in [0.1, 0.15) is 11.5 Å². The largest absolute Gasteiger partial charge is 0.439 e. The molecule has 6 rings (SSSR count). The number of nitrogens with one attached hydrogen (secondary N) is 1. The highest BCUT2D eigenvalue weighted by atomic mass is 35.5. The van der Waals surface area contributed by atoms with E-state index < -0.39 is 5.76 Å². The summed E-state index contributed by atoms with van der Waals surface area (Å²) in [4.78, 5) is 16.2. The van der Waals surface area contributed by atoms with Gasteiger partial charge >= 0.3 is 5.76 Å². The van der Waals surface area contributed by atoms with Gasteiger partial charge in [-0.15, -0.1) is 0 Å². The van der Waals surface area contributed by atoms with Gasteiger partial charge in [0.05, 0.1) is 22.8 Å². The lowest BCUT2D eigenvalue weighted by atomic mass is 9.99. The summed E-state index contributed by atoms with van der Waals surface area (Å²) in [6, 6.07) is 13.7. The molecule has 1 N–H and O–H groups in total. The molecule has 0 unspecified atom stereocenters. The Morgan fingerprint density at radius 1 is 1.05 bits per heavy atom. The summed E-state index contributed by atoms with van der Waals surface area (Å²) in [6.45, 7) is 3.49. The number of aromatic amines is 1. The first-order chi connectivity index (χ1) is 18.0. The fourth-order valence-corrected chi connectivity index (χ4v) is 5.65. The first-order valence-electron chi connectivity index (χ1n) is 12.5. The molecule has 37 heavy (non-hydrogen) atoms. The van der Waals surface area contributed by atoms with E-state index >= 15 is 0 Å². The number of piperidine rings is 1. The molecule has 8 nitrogen and oxygen atoms in total. The fourth-order valence-electron chi connectivity index (χ4n) is 5.08. The first-order valence-corrected chi connectivity index (χ1v) is 13.2. The number of hydrogen-bond acceptors (Lipinski definition) is 7. The molecule has 10 heteroatoms. The average Bonchev–Trinajstić information content (AvgIpc) is 3.51. The zero-order chi connectivity index (χ0) is 25.5. The maximum atomic E-state index is 11.2. The molecule has 0 spiro atoms. The lowest BCUT2D eigenvalue weighted by molar-refractivity contribution is 0.0175. The third kappa shape index (κ3) is 4.93. The van der Waals surface area contributed by atoms with Crippen molar-refractivity contribution < 1.29 is 13.8 Å². The SMILES string of the molecule is C[C@H]1C[C@H](OCc2c(-c3c(Cl)cccc3Cl)noc2C2CC2)CCN1c1ccc(-c2noc(=O)[nH]2)cc1. The van der Waals surface area contributed by atoms with Gasteiger partial charge in [-0.25, -0.2) is 4.79 Å². The Kier molecular flexibility index (Phi) is 6.56. The van der Waals surface area contributed by atoms with E-state index in [2.05, 4.69) is 31.6 Å². The Morgan fingerprint density at radius 3 is 2.46 bits per heavy atom. The maximum absolute atomic E-state index is 11.2. The van der Waals surface area contributed by atoms with Gasteiger partial charge in [-0.1, -0.05) is 39.6 Å². The Balaban J connectivity index is 1.14. The van der Waals surface area contributed by atoms with Gasteiger partial charge in [0.2, 0.25) is 0 Å². The summed E-state index contributed by atoms with van der Waals surface area (Å²) in [7, 11) is 0. The van der Waals surface area contributed by atoms with Gasteiger partial charge in [0, 0.05) is 40.9 Å². The average molecular weight is 541 g/mol. The Hall–Kier alpha value is -3.07. The number of halogens is 2. The number of benzene rings is 2. The van der Waals surface area contributed by atoms with Crippen molar-refractivity contribution in [2.45, 2.75) is 57.3 Å². The molecule has 2 aliphatic rings. The molecule has 2 atom stereocenters. The van der Waals surface area contributed by atoms with Crippen molar-refractivity contribution >= 4 is 28.9 Å². The Labute approximate surface area is 223 Å². The lowest BCUT2D eigenvalue weighted by Crippen LogP contribution is -2.43. The predicted octanol–water partition coefficient (Wildman–Crippen LogP) is 6.44. The van der Waals surface area contributed by atoms with E-state index in [1.165, 1.54) is 0 Å². The first kappa shape index (κ1) is 24.3. The zero-order valence-electron chi connectivity index (χ0n) is 20.2. The summed E-state index contributed by atoms with van der Waals surface area (Å²) in [5.74, 6) is 1.14. The van der Waals surface area contributed by atoms with Crippen molar-refractivity contribution in [1.29, 1.82) is 0 Å². The topological polar surface area (TPSA) is 97.4 Å². The van der Waals surface area contributed by atoms with E-state index in [-0.39, 0.29) is 6.10 Å². The molecule has 3 heterocycles. The van der Waals surface area contributed by atoms with Gasteiger partial charge in [0.15, 0.2) is 5.82 Å². The minimum atomic E-state index is -0.563. The van der Waals surface area contributed by atoms with Gasteiger partial charge in [-0.3, -0.25) is 9.51 Å². The summed E-state index contributed by atoms with van der Waals surface area (Å²) in [5.41, 5.74) is 4.24. The van der Waals surface area contributed by atoms with E-state index in [1.54, 1.807) is 0 Å². The van der Waals surface area contributed by atoms with Gasteiger partial charge in [-0.05, 0) is 69.0 Å². The van der Waals surface area contributed by atoms with E-state index in [1.807, 2.05) is 42.5 Å². The van der Waals surface area contributed by atoms with Gasteiger partial charge < -0.3 is 14.2 Å². The smallest absolute Gasteiger partial charge is 0.373 e. The number of H-pyrrole nitrogens is 1. The highest BCUT2D eigenvalue weighted by molar-refractivity contribution is 6.39. The second kappa shape index (κ2) is 10.0. The maximum Gasteiger partial charge on any atom is 0.439 e. The second-order valence-electron chi connectivity index (χ2n) is 9.74. The van der Waals surface area contributed by atoms with Crippen LogP contribution in [0.2, 0.25) is 10.0 Å². The van der Waals surface area contributed by atoms with Crippen molar-refractivity contribution in [3.8, 4) is 22.6 Å². The summed E-state index contributed by atoms with van der Waals surface area (Å²) in [5, 5.41) is 9.22. The molecule has 0 radical (unpaired) electrons. The van der Waals surface area contributed by atoms with E-state index in [0.29, 0.717) is 45.7 Å². The molecule has 2 aromatic heterocycles. The predicted molar refractivity (Wildman–Crippen MR) is 141 cm³/mol. The van der Waals surface area contributed by atoms with Crippen LogP contribution in [0.5, 0.6) is 0 Å². The molecular formula is C27H26Cl2N4O4. The Bertz CT molecular complexity index is 1440. The van der Waals surface area contributed by atoms with Crippen LogP contribution >= 0.6 is 23.2 Å². The molecule has 192 valence electrons. The van der Waals surface area contributed by atoms with Crippen LogP contribution < -0.4 is 10.7 Å². The fraction of sp³-hybridized carbons (Fsp3) is 0.370. The van der Waals surface area contributed by atoms with Crippen molar-refractivity contribution in [1.82, 2.24) is 15.3 Å². The number of aromatic nitrogens is 3. The monoisotopic (exact) mass is 540 g/mol. The third-order valence-electron chi connectivity index (χ3n) is 7.17. The molecule has 0 amide bonds. The second-order valence-corrected chi connectivity index (χ2v) is 10.5. The van der Waals surface area contributed by atoms with Crippen LogP contribution in [0.1, 0.15) is 49.8 Å². The Morgan fingerprint density at radius 2 is 1.81 bits per heavy atom. The van der Waals surface area contributed by atoms with E-state index in [0.717, 1.165) is 54.8 Å². The van der Waals surface area contributed by atoms with Crippen LogP contribution in [-0.2, 0) is 11.3 Å². The van der Waals surface area contributed by atoms with E-state index in [9.17, 15) is 4.79 Å². The molecule has 1 saturated heterocycles. The van der Waals surface area contributed by atoms with E-state index in [4.69, 9.17) is 32.5 Å². The molecular weight excluding hydrogens is 515 g/mol. The quantitative estimate of drug-likeness (QED) is 0.287. The van der Waals surface area contributed by atoms with Crippen LogP contribution in [0.15, 0.2) is 56.3 Å². The molecule has 4 aromatic rings. The third-order valence-corrected chi connectivity index (χ3v) is 7.80. The van der Waals surface area contributed by atoms with Crippen LogP contribution in [0, 0.1) is 0 Å². The van der Waals surface area contributed by atoms with Crippen molar-refractivity contribution in [2.75, 3.05) is 11.4 Å². The van der Waals surface area contributed by atoms with Crippen molar-refractivity contribution in [3.63, 3.8) is 0 Å². The minimum absolute atomic E-state index is 0.113. The van der Waals surface area contributed by atoms with Gasteiger partial charge in [0.25, 0.3) is 0 Å². The molecule has 2 fully saturated rings. The molecule has 1 aliphatic heterocycles. The number of nitrogens with zero attached hydrogens (tertiary/aromatic N) is 3. The van der Waals surface area contributed by atoms with Crippen molar-refractivity contribution in [3.05, 3.63) is 74.4 Å². The van der Waals surface area contributed by atoms with Crippen LogP contribution in [0.4, 0.5) is 5.69 Å². The molecule has 1 saturated carbocycles. The minimum Gasteiger partial charge on any atom is -0.373 e. The molecule has 0 bridgehead atoms. The number of anilines is 1. The number of rotatable bonds is 7. The van der Waals surface area contributed by atoms with Crippen LogP contribution in [0.25, 0.3) is 22.6 Å². The van der Waals surface area contributed by atoms with Crippen molar-refractivity contribution in [2.24, 2.45) is 0 Å². The number of hydrogen-bond donors (Lipinski definition) is 1. The normalized spacial score (nSPS) is 19.9. The summed E-state index contributed by atoms with van der Waals surface area (Å²) >= 11 is 13.0.